The van der Waals surface area contributed by atoms with Gasteiger partial charge in [-0.05, 0) is 57.7 Å². The molecule has 0 aliphatic carbocycles. The summed E-state index contributed by atoms with van der Waals surface area (Å²) in [5, 5.41) is 1.15. The van der Waals surface area contributed by atoms with Gasteiger partial charge in [-0.15, -0.1) is 0 Å². The molecule has 0 bridgehead atoms. The Hall–Kier alpha value is -1.37. The first kappa shape index (κ1) is 42.6. The van der Waals surface area contributed by atoms with Crippen molar-refractivity contribution < 1.29 is 23.7 Å². The number of hydrogen-bond donors (Lipinski definition) is 0. The molecule has 0 heterocycles. The van der Waals surface area contributed by atoms with Crippen molar-refractivity contribution in [2.75, 3.05) is 26.9 Å². The van der Waals surface area contributed by atoms with E-state index in [-0.39, 0.29) is 33.0 Å². The van der Waals surface area contributed by atoms with E-state index in [2.05, 4.69) is 41.5 Å². The van der Waals surface area contributed by atoms with E-state index in [1.807, 2.05) is 12.1 Å². The van der Waals surface area contributed by atoms with Gasteiger partial charge in [0.2, 0.25) is 0 Å². The van der Waals surface area contributed by atoms with Crippen molar-refractivity contribution in [3.8, 4) is 23.0 Å². The van der Waals surface area contributed by atoms with Crippen molar-refractivity contribution >= 4 is 49.9 Å². The van der Waals surface area contributed by atoms with Crippen LogP contribution in [0.25, 0.3) is 0 Å². The predicted molar refractivity (Wildman–Crippen MR) is 199 cm³/mol. The van der Waals surface area contributed by atoms with Crippen LogP contribution in [0.15, 0.2) is 30.3 Å². The third-order valence-corrected chi connectivity index (χ3v) is 10.3. The zero-order valence-electron chi connectivity index (χ0n) is 30.1. The normalized spacial score (nSPS) is 13.2. The van der Waals surface area contributed by atoms with Crippen LogP contribution in [0.4, 0.5) is 0 Å². The molecule has 0 spiro atoms. The third kappa shape index (κ3) is 14.4. The van der Waals surface area contributed by atoms with Crippen LogP contribution in [0.3, 0.4) is 0 Å². The van der Waals surface area contributed by atoms with Gasteiger partial charge in [0.15, 0.2) is 5.52 Å². The number of benzene rings is 2. The fraction of sp³-hybridized carbons (Fsp3) is 0.658. The smallest absolute Gasteiger partial charge is 0.191 e. The summed E-state index contributed by atoms with van der Waals surface area (Å²) in [6, 6.07) is 9.24. The first-order valence-corrected chi connectivity index (χ1v) is 18.9. The largest absolute Gasteiger partial charge is 0.496 e. The summed E-state index contributed by atoms with van der Waals surface area (Å²) in [6.07, 6.45) is 13.6. The molecule has 0 saturated carbocycles. The van der Waals surface area contributed by atoms with E-state index in [9.17, 15) is 4.79 Å². The molecule has 0 fully saturated rings. The van der Waals surface area contributed by atoms with Crippen LogP contribution in [0.2, 0.25) is 5.02 Å². The molecule has 2 aromatic carbocycles. The number of hydrogen-bond acceptors (Lipinski definition) is 5. The molecule has 8 heteroatoms. The minimum Gasteiger partial charge on any atom is -0.496 e. The van der Waals surface area contributed by atoms with Crippen LogP contribution in [-0.4, -0.2) is 51.3 Å². The first-order chi connectivity index (χ1) is 21.8. The van der Waals surface area contributed by atoms with Gasteiger partial charge in [-0.2, -0.15) is 0 Å². The Morgan fingerprint density at radius 3 is 1.59 bits per heavy atom. The summed E-state index contributed by atoms with van der Waals surface area (Å²) in [7, 11) is 1.31. The van der Waals surface area contributed by atoms with E-state index in [4.69, 9.17) is 30.5 Å². The summed E-state index contributed by atoms with van der Waals surface area (Å²) in [5.74, 6) is 3.90. The third-order valence-electron chi connectivity index (χ3n) is 8.76. The molecular formula is C38H60ClLiO5P. The molecule has 2 aromatic rings. The maximum atomic E-state index is 13.9. The van der Waals surface area contributed by atoms with Gasteiger partial charge in [-0.1, -0.05) is 117 Å². The van der Waals surface area contributed by atoms with Crippen molar-refractivity contribution in [3.05, 3.63) is 40.9 Å². The first-order valence-electron chi connectivity index (χ1n) is 17.5. The van der Waals surface area contributed by atoms with Crippen LogP contribution >= 0.6 is 20.2 Å². The zero-order chi connectivity index (χ0) is 33.0. The monoisotopic (exact) mass is 669 g/mol. The van der Waals surface area contributed by atoms with Crippen LogP contribution in [0, 0.1) is 17.8 Å². The molecule has 5 nitrogen and oxygen atoms in total. The molecule has 0 saturated heterocycles. The number of carbonyl (C=O) groups excluding carboxylic acids is 1. The van der Waals surface area contributed by atoms with Gasteiger partial charge in [-0.3, -0.25) is 4.79 Å². The van der Waals surface area contributed by atoms with Crippen molar-refractivity contribution in [2.45, 2.75) is 119 Å². The standard InChI is InChI=1S/C38H60ClO5P.Li/c1-8-14-18-28(11-4)25-42-31-23-34(43-26-29(12-5)19-15-9-2)37(35(24-31)44-27-30(13-6)20-16-10-3)45-38(40)36-32(39)21-17-22-33(36)41-7;/h17,21-24,28-30,45H,8-16,18-20,25-27H2,1-7H3;. The summed E-state index contributed by atoms with van der Waals surface area (Å²) < 4.78 is 25.2. The molecule has 0 N–H and O–H groups in total. The number of methoxy groups -OCH3 is 1. The number of ether oxygens (including phenoxy) is 4. The predicted octanol–water partition coefficient (Wildman–Crippen LogP) is 10.9. The van der Waals surface area contributed by atoms with Crippen LogP contribution in [0.1, 0.15) is 129 Å². The molecular weight excluding hydrogens is 610 g/mol. The Morgan fingerprint density at radius 1 is 0.717 bits per heavy atom. The molecule has 255 valence electrons. The molecule has 0 aliphatic heterocycles. The van der Waals surface area contributed by atoms with Crippen LogP contribution in [0.5, 0.6) is 23.0 Å². The van der Waals surface area contributed by atoms with E-state index in [0.29, 0.717) is 65.4 Å². The fourth-order valence-electron chi connectivity index (χ4n) is 5.39. The Balaban J connectivity index is 0.0000106. The van der Waals surface area contributed by atoms with E-state index in [1.165, 1.54) is 25.7 Å². The van der Waals surface area contributed by atoms with Crippen LogP contribution < -0.4 is 24.3 Å². The molecule has 4 unspecified atom stereocenters. The second-order valence-electron chi connectivity index (χ2n) is 12.2. The fourth-order valence-corrected chi connectivity index (χ4v) is 6.87. The molecule has 0 aliphatic rings. The van der Waals surface area contributed by atoms with Crippen LogP contribution in [-0.2, 0) is 0 Å². The summed E-state index contributed by atoms with van der Waals surface area (Å²) in [5.41, 5.74) is 0.283. The van der Waals surface area contributed by atoms with Gasteiger partial charge in [0.1, 0.15) is 23.0 Å². The van der Waals surface area contributed by atoms with Crippen molar-refractivity contribution in [1.82, 2.24) is 0 Å². The number of unbranched alkanes of at least 4 members (excludes halogenated alkanes) is 3. The maximum absolute atomic E-state index is 13.9. The Labute approximate surface area is 299 Å². The van der Waals surface area contributed by atoms with Gasteiger partial charge in [0.05, 0.1) is 42.8 Å². The van der Waals surface area contributed by atoms with Gasteiger partial charge in [0, 0.05) is 31.0 Å². The molecule has 0 amide bonds. The summed E-state index contributed by atoms with van der Waals surface area (Å²) in [6.45, 7) is 15.2. The summed E-state index contributed by atoms with van der Waals surface area (Å²) >= 11 is 6.56. The van der Waals surface area contributed by atoms with E-state index < -0.39 is 0 Å². The quantitative estimate of drug-likeness (QED) is 0.0778. The SMILES string of the molecule is CCCCC(CC)COc1cc(OCC(CC)CCCC)c(PC(=O)c2c(Cl)cccc2OC)c(OCC(CC)CCCC)c1.[Li]. The van der Waals surface area contributed by atoms with Gasteiger partial charge in [-0.25, -0.2) is 0 Å². The van der Waals surface area contributed by atoms with Gasteiger partial charge >= 0.3 is 0 Å². The Bertz CT molecular complexity index is 1090. The number of halogens is 1. The van der Waals surface area contributed by atoms with Crippen molar-refractivity contribution in [3.63, 3.8) is 0 Å². The Kier molecular flexibility index (Phi) is 22.9. The average molecular weight is 670 g/mol. The average Bonchev–Trinajstić information content (AvgIpc) is 3.05. The van der Waals surface area contributed by atoms with E-state index in [0.717, 1.165) is 62.4 Å². The minimum atomic E-state index is -0.256. The minimum absolute atomic E-state index is 0. The van der Waals surface area contributed by atoms with Crippen molar-refractivity contribution in [2.24, 2.45) is 17.8 Å². The number of carbonyl (C=O) groups is 1. The second kappa shape index (κ2) is 24.7. The van der Waals surface area contributed by atoms with Gasteiger partial charge in [0.25, 0.3) is 0 Å². The second-order valence-corrected chi connectivity index (χ2v) is 13.9. The number of rotatable bonds is 25. The zero-order valence-corrected chi connectivity index (χ0v) is 31.9. The van der Waals surface area contributed by atoms with E-state index >= 15 is 0 Å². The molecule has 1 radical (unpaired) electrons. The van der Waals surface area contributed by atoms with E-state index in [1.54, 1.807) is 25.3 Å². The van der Waals surface area contributed by atoms with Gasteiger partial charge < -0.3 is 18.9 Å². The topological polar surface area (TPSA) is 54.0 Å². The summed E-state index contributed by atoms with van der Waals surface area (Å²) in [4.78, 5) is 13.9. The van der Waals surface area contributed by atoms with Crippen molar-refractivity contribution in [1.29, 1.82) is 0 Å². The molecule has 4 atom stereocenters. The Morgan fingerprint density at radius 2 is 1.17 bits per heavy atom. The molecule has 0 aromatic heterocycles. The maximum Gasteiger partial charge on any atom is 0.191 e. The molecule has 2 rings (SSSR count). The molecule has 46 heavy (non-hydrogen) atoms.